The Labute approximate surface area is 139 Å². The molecule has 0 spiro atoms. The van der Waals surface area contributed by atoms with E-state index in [0.717, 1.165) is 5.56 Å². The van der Waals surface area contributed by atoms with Crippen LogP contribution in [-0.4, -0.2) is 15.3 Å². The van der Waals surface area contributed by atoms with Crippen LogP contribution < -0.4 is 5.56 Å². The van der Waals surface area contributed by atoms with Gasteiger partial charge in [-0.05, 0) is 35.9 Å². The first-order valence-electron chi connectivity index (χ1n) is 6.71. The fraction of sp³-hybridized carbons (Fsp3) is 0.125. The summed E-state index contributed by atoms with van der Waals surface area (Å²) in [5, 5.41) is 0.924. The Balaban J connectivity index is 1.89. The van der Waals surface area contributed by atoms with Crippen LogP contribution in [0.15, 0.2) is 58.5 Å². The molecular formula is C16H11ClF2N2OS. The van der Waals surface area contributed by atoms with Gasteiger partial charge in [-0.2, -0.15) is 8.78 Å². The van der Waals surface area contributed by atoms with Gasteiger partial charge in [0, 0.05) is 9.92 Å². The number of benzene rings is 2. The number of nitrogens with zero attached hydrogens (tertiary/aromatic N) is 2. The van der Waals surface area contributed by atoms with Crippen molar-refractivity contribution in [1.82, 2.24) is 9.55 Å². The molecular weight excluding hydrogens is 342 g/mol. The van der Waals surface area contributed by atoms with Crippen molar-refractivity contribution in [1.29, 1.82) is 0 Å². The van der Waals surface area contributed by atoms with E-state index in [9.17, 15) is 13.6 Å². The Morgan fingerprint density at radius 2 is 1.91 bits per heavy atom. The lowest BCUT2D eigenvalue weighted by Gasteiger charge is -2.08. The number of thioether (sulfide) groups is 1. The largest absolute Gasteiger partial charge is 0.294 e. The summed E-state index contributed by atoms with van der Waals surface area (Å²) in [6, 6.07) is 11.6. The SMILES string of the molecule is O=c1c2cc(Cl)ccc2ncn1Cc1ccc(SC(F)F)cc1. The highest BCUT2D eigenvalue weighted by molar-refractivity contribution is 7.99. The monoisotopic (exact) mass is 352 g/mol. The Morgan fingerprint density at radius 1 is 1.17 bits per heavy atom. The highest BCUT2D eigenvalue weighted by Crippen LogP contribution is 2.25. The van der Waals surface area contributed by atoms with Crippen LogP contribution in [-0.2, 0) is 6.54 Å². The van der Waals surface area contributed by atoms with Crippen LogP contribution in [0.25, 0.3) is 10.9 Å². The van der Waals surface area contributed by atoms with Crippen LogP contribution in [0.2, 0.25) is 5.02 Å². The van der Waals surface area contributed by atoms with E-state index in [-0.39, 0.29) is 5.56 Å². The maximum absolute atomic E-state index is 12.5. The summed E-state index contributed by atoms with van der Waals surface area (Å²) in [5.74, 6) is -2.45. The number of rotatable bonds is 4. The zero-order valence-corrected chi connectivity index (χ0v) is 13.3. The molecule has 1 heterocycles. The molecule has 0 N–H and O–H groups in total. The van der Waals surface area contributed by atoms with Gasteiger partial charge < -0.3 is 0 Å². The van der Waals surface area contributed by atoms with Gasteiger partial charge in [-0.25, -0.2) is 4.98 Å². The first kappa shape index (κ1) is 16.0. The van der Waals surface area contributed by atoms with E-state index >= 15 is 0 Å². The summed E-state index contributed by atoms with van der Waals surface area (Å²) in [6.45, 7) is 0.313. The lowest BCUT2D eigenvalue weighted by Crippen LogP contribution is -2.21. The van der Waals surface area contributed by atoms with E-state index < -0.39 is 5.76 Å². The topological polar surface area (TPSA) is 34.9 Å². The highest BCUT2D eigenvalue weighted by Gasteiger charge is 2.07. The number of aromatic nitrogens is 2. The fourth-order valence-corrected chi connectivity index (χ4v) is 2.89. The van der Waals surface area contributed by atoms with Crippen LogP contribution >= 0.6 is 23.4 Å². The number of hydrogen-bond donors (Lipinski definition) is 0. The van der Waals surface area contributed by atoms with Gasteiger partial charge in [0.1, 0.15) is 0 Å². The van der Waals surface area contributed by atoms with Crippen LogP contribution in [0, 0.1) is 0 Å². The number of fused-ring (bicyclic) bond motifs is 1. The summed E-state index contributed by atoms with van der Waals surface area (Å²) in [4.78, 5) is 17.2. The molecule has 0 unspecified atom stereocenters. The molecule has 0 atom stereocenters. The lowest BCUT2D eigenvalue weighted by atomic mass is 10.2. The molecule has 2 aromatic carbocycles. The van der Waals surface area contributed by atoms with Crippen molar-refractivity contribution in [2.45, 2.75) is 17.2 Å². The molecule has 118 valence electrons. The predicted molar refractivity (Wildman–Crippen MR) is 88.4 cm³/mol. The van der Waals surface area contributed by atoms with Gasteiger partial charge in [-0.1, -0.05) is 35.5 Å². The number of halogens is 3. The summed E-state index contributed by atoms with van der Waals surface area (Å²) >= 11 is 6.41. The Morgan fingerprint density at radius 3 is 2.61 bits per heavy atom. The van der Waals surface area contributed by atoms with Gasteiger partial charge in [0.15, 0.2) is 0 Å². The van der Waals surface area contributed by atoms with Crippen molar-refractivity contribution in [2.75, 3.05) is 0 Å². The van der Waals surface area contributed by atoms with E-state index in [4.69, 9.17) is 11.6 Å². The average molecular weight is 353 g/mol. The quantitative estimate of drug-likeness (QED) is 0.652. The first-order chi connectivity index (χ1) is 11.0. The van der Waals surface area contributed by atoms with Crippen molar-refractivity contribution in [2.24, 2.45) is 0 Å². The molecule has 0 aliphatic rings. The standard InChI is InChI=1S/C16H11ClF2N2OS/c17-11-3-6-14-13(7-11)15(22)21(9-20-14)8-10-1-4-12(5-2-10)23-16(18)19/h1-7,9,16H,8H2. The molecule has 0 aliphatic heterocycles. The zero-order chi connectivity index (χ0) is 16.4. The third-order valence-electron chi connectivity index (χ3n) is 3.29. The summed E-state index contributed by atoms with van der Waals surface area (Å²) in [5.41, 5.74) is 1.22. The highest BCUT2D eigenvalue weighted by atomic mass is 35.5. The van der Waals surface area contributed by atoms with Crippen LogP contribution in [0.4, 0.5) is 8.78 Å². The maximum Gasteiger partial charge on any atom is 0.288 e. The molecule has 3 rings (SSSR count). The molecule has 3 nitrogen and oxygen atoms in total. The van der Waals surface area contributed by atoms with Crippen molar-refractivity contribution in [3.05, 3.63) is 69.7 Å². The van der Waals surface area contributed by atoms with Crippen molar-refractivity contribution < 1.29 is 8.78 Å². The molecule has 0 bridgehead atoms. The first-order valence-corrected chi connectivity index (χ1v) is 7.97. The van der Waals surface area contributed by atoms with Gasteiger partial charge in [-0.15, -0.1) is 0 Å². The van der Waals surface area contributed by atoms with Gasteiger partial charge in [-0.3, -0.25) is 9.36 Å². The van der Waals surface area contributed by atoms with Gasteiger partial charge in [0.05, 0.1) is 23.8 Å². The fourth-order valence-electron chi connectivity index (χ4n) is 2.22. The van der Waals surface area contributed by atoms with Crippen molar-refractivity contribution in [3.63, 3.8) is 0 Å². The Hall–Kier alpha value is -1.92. The van der Waals surface area contributed by atoms with E-state index in [0.29, 0.717) is 39.1 Å². The molecule has 0 saturated carbocycles. The third-order valence-corrected chi connectivity index (χ3v) is 4.25. The zero-order valence-electron chi connectivity index (χ0n) is 11.7. The van der Waals surface area contributed by atoms with E-state index in [1.807, 2.05) is 0 Å². The molecule has 7 heteroatoms. The minimum absolute atomic E-state index is 0.191. The molecule has 1 aromatic heterocycles. The van der Waals surface area contributed by atoms with Gasteiger partial charge in [0.2, 0.25) is 0 Å². The van der Waals surface area contributed by atoms with Crippen LogP contribution in [0.1, 0.15) is 5.56 Å². The molecule has 0 saturated heterocycles. The average Bonchev–Trinajstić information content (AvgIpc) is 2.52. The van der Waals surface area contributed by atoms with Gasteiger partial charge >= 0.3 is 0 Å². The number of alkyl halides is 2. The smallest absolute Gasteiger partial charge is 0.288 e. The second-order valence-corrected chi connectivity index (χ2v) is 6.36. The molecule has 0 fully saturated rings. The lowest BCUT2D eigenvalue weighted by molar-refractivity contribution is 0.252. The van der Waals surface area contributed by atoms with E-state index in [1.165, 1.54) is 10.9 Å². The van der Waals surface area contributed by atoms with Crippen LogP contribution in [0.5, 0.6) is 0 Å². The predicted octanol–water partition coefficient (Wildman–Crippen LogP) is 4.41. The Kier molecular flexibility index (Phi) is 4.63. The second kappa shape index (κ2) is 6.68. The van der Waals surface area contributed by atoms with Crippen molar-refractivity contribution >= 4 is 34.3 Å². The minimum Gasteiger partial charge on any atom is -0.294 e. The Bertz CT molecular complexity index is 897. The van der Waals surface area contributed by atoms with Crippen molar-refractivity contribution in [3.8, 4) is 0 Å². The number of hydrogen-bond acceptors (Lipinski definition) is 3. The van der Waals surface area contributed by atoms with Crippen LogP contribution in [0.3, 0.4) is 0 Å². The van der Waals surface area contributed by atoms with Gasteiger partial charge in [0.25, 0.3) is 11.3 Å². The molecule has 23 heavy (non-hydrogen) atoms. The summed E-state index contributed by atoms with van der Waals surface area (Å²) < 4.78 is 26.1. The summed E-state index contributed by atoms with van der Waals surface area (Å²) in [7, 11) is 0. The van der Waals surface area contributed by atoms with E-state index in [1.54, 1.807) is 42.5 Å². The molecule has 0 radical (unpaired) electrons. The molecule has 0 aliphatic carbocycles. The van der Waals surface area contributed by atoms with E-state index in [2.05, 4.69) is 4.98 Å². The maximum atomic E-state index is 12.5. The second-order valence-electron chi connectivity index (χ2n) is 4.86. The molecule has 0 amide bonds. The minimum atomic E-state index is -2.45. The third kappa shape index (κ3) is 3.71. The summed E-state index contributed by atoms with van der Waals surface area (Å²) in [6.07, 6.45) is 1.47. The normalized spacial score (nSPS) is 11.3. The molecule has 3 aromatic rings.